The van der Waals surface area contributed by atoms with Crippen molar-refractivity contribution in [1.29, 1.82) is 0 Å². The lowest BCUT2D eigenvalue weighted by molar-refractivity contribution is 0.595. The van der Waals surface area contributed by atoms with Crippen molar-refractivity contribution in [3.05, 3.63) is 53.3 Å². The molecule has 2 rings (SSSR count). The van der Waals surface area contributed by atoms with E-state index >= 15 is 0 Å². The Hall–Kier alpha value is -1.68. The lowest BCUT2D eigenvalue weighted by Gasteiger charge is -2.10. The normalized spacial score (nSPS) is 12.1. The maximum Gasteiger partial charge on any atom is 0.263 e. The third kappa shape index (κ3) is 3.74. The second-order valence-corrected chi connectivity index (χ2v) is 7.87. The predicted octanol–water partition coefficient (Wildman–Crippen LogP) is 1.93. The van der Waals surface area contributed by atoms with Crippen molar-refractivity contribution in [3.8, 4) is 0 Å². The van der Waals surface area contributed by atoms with Gasteiger partial charge in [0, 0.05) is 5.69 Å². The number of sulfonamides is 2. The average Bonchev–Trinajstić information content (AvgIpc) is 2.40. The molecular weight excluding hydrogens is 355 g/mol. The van der Waals surface area contributed by atoms with E-state index in [1.54, 1.807) is 0 Å². The van der Waals surface area contributed by atoms with Gasteiger partial charge in [-0.2, -0.15) is 0 Å². The van der Waals surface area contributed by atoms with Crippen LogP contribution in [0.25, 0.3) is 0 Å². The summed E-state index contributed by atoms with van der Waals surface area (Å²) in [5, 5.41) is 4.79. The Morgan fingerprint density at radius 2 is 1.59 bits per heavy atom. The highest BCUT2D eigenvalue weighted by Crippen LogP contribution is 2.25. The molecule has 2 aromatic rings. The molecule has 0 aliphatic heterocycles. The number of primary sulfonamides is 1. The minimum atomic E-state index is -4.12. The van der Waals surface area contributed by atoms with Gasteiger partial charge in [-0.1, -0.05) is 11.6 Å². The van der Waals surface area contributed by atoms with Gasteiger partial charge >= 0.3 is 0 Å². The topological polar surface area (TPSA) is 106 Å². The zero-order chi connectivity index (χ0) is 16.5. The smallest absolute Gasteiger partial charge is 0.263 e. The Labute approximate surface area is 131 Å². The van der Waals surface area contributed by atoms with Gasteiger partial charge in [0.05, 0.1) is 9.92 Å². The van der Waals surface area contributed by atoms with Crippen LogP contribution in [-0.4, -0.2) is 16.8 Å². The van der Waals surface area contributed by atoms with Crippen LogP contribution < -0.4 is 9.86 Å². The average molecular weight is 365 g/mol. The molecule has 6 nitrogen and oxygen atoms in total. The quantitative estimate of drug-likeness (QED) is 0.864. The van der Waals surface area contributed by atoms with Gasteiger partial charge in [-0.25, -0.2) is 26.4 Å². The van der Waals surface area contributed by atoms with Crippen molar-refractivity contribution in [3.63, 3.8) is 0 Å². The van der Waals surface area contributed by atoms with Crippen LogP contribution in [0.15, 0.2) is 52.3 Å². The number of nitrogens with one attached hydrogen (secondary N) is 1. The Balaban J connectivity index is 2.35. The van der Waals surface area contributed by atoms with Gasteiger partial charge in [0.1, 0.15) is 10.7 Å². The number of rotatable bonds is 4. The summed E-state index contributed by atoms with van der Waals surface area (Å²) in [6.07, 6.45) is 0. The summed E-state index contributed by atoms with van der Waals surface area (Å²) < 4.78 is 61.9. The van der Waals surface area contributed by atoms with Crippen LogP contribution >= 0.6 is 11.6 Å². The summed E-state index contributed by atoms with van der Waals surface area (Å²) in [7, 11) is -7.99. The van der Waals surface area contributed by atoms with Crippen LogP contribution in [0.2, 0.25) is 5.02 Å². The fourth-order valence-electron chi connectivity index (χ4n) is 1.61. The summed E-state index contributed by atoms with van der Waals surface area (Å²) in [5.41, 5.74) is 0.0766. The predicted molar refractivity (Wildman–Crippen MR) is 80.0 cm³/mol. The molecule has 10 heteroatoms. The first-order chi connectivity index (χ1) is 10.1. The molecule has 0 aromatic heterocycles. The van der Waals surface area contributed by atoms with Gasteiger partial charge in [-0.05, 0) is 42.5 Å². The molecular formula is C12H10ClFN2O4S2. The van der Waals surface area contributed by atoms with Crippen LogP contribution in [0.1, 0.15) is 0 Å². The standard InChI is InChI=1S/C12H10ClFN2O4S2/c13-11-6-1-8(14)7-12(11)22(19,20)16-9-2-4-10(5-3-9)21(15,17)18/h1-7,16H,(H2,15,17,18). The summed E-state index contributed by atoms with van der Waals surface area (Å²) in [4.78, 5) is -0.594. The minimum absolute atomic E-state index is 0.0766. The van der Waals surface area contributed by atoms with E-state index in [4.69, 9.17) is 16.7 Å². The third-order valence-electron chi connectivity index (χ3n) is 2.62. The molecule has 0 saturated carbocycles. The number of hydrogen-bond donors (Lipinski definition) is 2. The number of nitrogens with two attached hydrogens (primary N) is 1. The van der Waals surface area contributed by atoms with Gasteiger partial charge in [0.2, 0.25) is 10.0 Å². The van der Waals surface area contributed by atoms with E-state index in [1.807, 2.05) is 0 Å². The lowest BCUT2D eigenvalue weighted by Crippen LogP contribution is -2.15. The van der Waals surface area contributed by atoms with Crippen LogP contribution in [0.3, 0.4) is 0 Å². The maximum absolute atomic E-state index is 13.2. The highest BCUT2D eigenvalue weighted by atomic mass is 35.5. The number of hydrogen-bond acceptors (Lipinski definition) is 4. The largest absolute Gasteiger partial charge is 0.280 e. The van der Waals surface area contributed by atoms with Crippen LogP contribution in [0.4, 0.5) is 10.1 Å². The van der Waals surface area contributed by atoms with Gasteiger partial charge in [-0.15, -0.1) is 0 Å². The van der Waals surface area contributed by atoms with Crippen molar-refractivity contribution in [2.24, 2.45) is 5.14 Å². The lowest BCUT2D eigenvalue weighted by atomic mass is 10.3. The molecule has 3 N–H and O–H groups in total. The summed E-state index contributed by atoms with van der Waals surface area (Å²) in [5.74, 6) is -0.755. The molecule has 0 saturated heterocycles. The molecule has 0 spiro atoms. The molecule has 0 fully saturated rings. The van der Waals surface area contributed by atoms with E-state index in [2.05, 4.69) is 4.72 Å². The Morgan fingerprint density at radius 1 is 1.00 bits per heavy atom. The second-order valence-electron chi connectivity index (χ2n) is 4.25. The highest BCUT2D eigenvalue weighted by molar-refractivity contribution is 7.92. The Bertz CT molecular complexity index is 913. The number of halogens is 2. The summed E-state index contributed by atoms with van der Waals surface area (Å²) in [6.45, 7) is 0. The van der Waals surface area contributed by atoms with Gasteiger partial charge in [-0.3, -0.25) is 4.72 Å². The Morgan fingerprint density at radius 3 is 2.14 bits per heavy atom. The molecule has 0 atom stereocenters. The second kappa shape index (κ2) is 5.84. The SMILES string of the molecule is NS(=O)(=O)c1ccc(NS(=O)(=O)c2cc(F)ccc2Cl)cc1. The van der Waals surface area contributed by atoms with Gasteiger partial charge in [0.15, 0.2) is 0 Å². The summed E-state index contributed by atoms with van der Waals surface area (Å²) in [6, 6.07) is 7.64. The monoisotopic (exact) mass is 364 g/mol. The molecule has 2 aromatic carbocycles. The first-order valence-electron chi connectivity index (χ1n) is 5.70. The number of anilines is 1. The number of benzene rings is 2. The third-order valence-corrected chi connectivity index (χ3v) is 5.41. The van der Waals surface area contributed by atoms with E-state index in [9.17, 15) is 21.2 Å². The van der Waals surface area contributed by atoms with E-state index in [-0.39, 0.29) is 15.6 Å². The van der Waals surface area contributed by atoms with Crippen LogP contribution in [0.5, 0.6) is 0 Å². The minimum Gasteiger partial charge on any atom is -0.280 e. The van der Waals surface area contributed by atoms with Crippen molar-refractivity contribution >= 4 is 37.3 Å². The molecule has 118 valence electrons. The van der Waals surface area contributed by atoms with Crippen molar-refractivity contribution in [2.75, 3.05) is 4.72 Å². The first-order valence-corrected chi connectivity index (χ1v) is 9.11. The maximum atomic E-state index is 13.2. The molecule has 0 aliphatic rings. The zero-order valence-corrected chi connectivity index (χ0v) is 13.2. The fraction of sp³-hybridized carbons (Fsp3) is 0. The molecule has 0 bridgehead atoms. The van der Waals surface area contributed by atoms with Gasteiger partial charge in [0.25, 0.3) is 10.0 Å². The molecule has 0 aliphatic carbocycles. The zero-order valence-electron chi connectivity index (χ0n) is 10.8. The van der Waals surface area contributed by atoms with Crippen molar-refractivity contribution in [1.82, 2.24) is 0 Å². The van der Waals surface area contributed by atoms with Crippen molar-refractivity contribution < 1.29 is 21.2 Å². The van der Waals surface area contributed by atoms with E-state index < -0.39 is 30.8 Å². The van der Waals surface area contributed by atoms with E-state index in [1.165, 1.54) is 12.1 Å². The molecule has 22 heavy (non-hydrogen) atoms. The van der Waals surface area contributed by atoms with Crippen LogP contribution in [-0.2, 0) is 20.0 Å². The van der Waals surface area contributed by atoms with E-state index in [0.717, 1.165) is 30.3 Å². The van der Waals surface area contributed by atoms with E-state index in [0.29, 0.717) is 0 Å². The molecule has 0 radical (unpaired) electrons. The van der Waals surface area contributed by atoms with Crippen molar-refractivity contribution in [2.45, 2.75) is 9.79 Å². The fourth-order valence-corrected chi connectivity index (χ4v) is 3.69. The molecule has 0 heterocycles. The Kier molecular flexibility index (Phi) is 4.43. The van der Waals surface area contributed by atoms with Gasteiger partial charge < -0.3 is 0 Å². The first kappa shape index (κ1) is 16.7. The summed E-state index contributed by atoms with van der Waals surface area (Å²) >= 11 is 5.75. The molecule has 0 amide bonds. The highest BCUT2D eigenvalue weighted by Gasteiger charge is 2.19. The molecule has 0 unspecified atom stereocenters. The van der Waals surface area contributed by atoms with Crippen LogP contribution in [0, 0.1) is 5.82 Å².